The molecule has 2 aromatic heterocycles. The minimum atomic E-state index is 0.151. The van der Waals surface area contributed by atoms with Crippen LogP contribution in [0.4, 0.5) is 0 Å². The van der Waals surface area contributed by atoms with Crippen molar-refractivity contribution in [1.29, 1.82) is 0 Å². The van der Waals surface area contributed by atoms with E-state index in [-0.39, 0.29) is 5.41 Å². The smallest absolute Gasteiger partial charge is 0.247 e. The zero-order valence-corrected chi connectivity index (χ0v) is 12.3. The van der Waals surface area contributed by atoms with Crippen molar-refractivity contribution in [3.05, 3.63) is 47.7 Å². The summed E-state index contributed by atoms with van der Waals surface area (Å²) >= 11 is 0. The number of oxazole rings is 1. The van der Waals surface area contributed by atoms with Gasteiger partial charge in [-0.3, -0.25) is 0 Å². The second-order valence-corrected chi connectivity index (χ2v) is 6.13. The van der Waals surface area contributed by atoms with Crippen molar-refractivity contribution in [1.82, 2.24) is 9.97 Å². The molecule has 20 heavy (non-hydrogen) atoms. The number of aromatic nitrogens is 2. The van der Waals surface area contributed by atoms with Gasteiger partial charge >= 0.3 is 0 Å². The van der Waals surface area contributed by atoms with Gasteiger partial charge in [0.2, 0.25) is 11.6 Å². The molecule has 0 fully saturated rings. The van der Waals surface area contributed by atoms with Gasteiger partial charge in [-0.2, -0.15) is 0 Å². The minimum Gasteiger partial charge on any atom is -0.418 e. The average molecular weight is 266 g/mol. The maximum absolute atomic E-state index is 5.74. The van der Waals surface area contributed by atoms with Gasteiger partial charge < -0.3 is 4.42 Å². The Labute approximate surface area is 118 Å². The molecular formula is C17H18N2O. The molecule has 3 aromatic rings. The van der Waals surface area contributed by atoms with Crippen LogP contribution in [0.15, 0.2) is 40.9 Å². The molecule has 0 saturated carbocycles. The Morgan fingerprint density at radius 2 is 1.70 bits per heavy atom. The Balaban J connectivity index is 2.05. The largest absolute Gasteiger partial charge is 0.418 e. The first kappa shape index (κ1) is 12.9. The number of hydrogen-bond donors (Lipinski definition) is 0. The predicted octanol–water partition coefficient (Wildman–Crippen LogP) is 4.50. The molecule has 0 atom stereocenters. The van der Waals surface area contributed by atoms with E-state index in [1.165, 1.54) is 5.56 Å². The molecular weight excluding hydrogens is 248 g/mol. The number of pyridine rings is 1. The summed E-state index contributed by atoms with van der Waals surface area (Å²) in [5, 5.41) is 0. The van der Waals surface area contributed by atoms with Gasteiger partial charge in [0.05, 0.1) is 0 Å². The van der Waals surface area contributed by atoms with E-state index < -0.39 is 0 Å². The Morgan fingerprint density at radius 1 is 1.00 bits per heavy atom. The van der Waals surface area contributed by atoms with Crippen LogP contribution in [-0.2, 0) is 5.41 Å². The van der Waals surface area contributed by atoms with Crippen LogP contribution in [0.1, 0.15) is 31.9 Å². The van der Waals surface area contributed by atoms with Gasteiger partial charge in [0.15, 0.2) is 0 Å². The van der Waals surface area contributed by atoms with E-state index in [0.717, 1.165) is 16.6 Å². The minimum absolute atomic E-state index is 0.151. The molecule has 0 radical (unpaired) electrons. The van der Waals surface area contributed by atoms with Crippen LogP contribution >= 0.6 is 0 Å². The molecule has 0 saturated heterocycles. The van der Waals surface area contributed by atoms with Crippen molar-refractivity contribution in [2.45, 2.75) is 33.1 Å². The summed E-state index contributed by atoms with van der Waals surface area (Å²) in [5.41, 5.74) is 4.94. The average Bonchev–Trinajstić information content (AvgIpc) is 2.83. The number of nitrogens with zero attached hydrogens (tertiary/aromatic N) is 2. The molecule has 0 bridgehead atoms. The van der Waals surface area contributed by atoms with Gasteiger partial charge in [0.1, 0.15) is 5.52 Å². The Kier molecular flexibility index (Phi) is 2.85. The van der Waals surface area contributed by atoms with Gasteiger partial charge in [-0.1, -0.05) is 32.9 Å². The van der Waals surface area contributed by atoms with E-state index in [0.29, 0.717) is 11.6 Å². The van der Waals surface area contributed by atoms with E-state index in [1.54, 1.807) is 6.20 Å². The quantitative estimate of drug-likeness (QED) is 0.651. The molecule has 2 heterocycles. The topological polar surface area (TPSA) is 38.9 Å². The summed E-state index contributed by atoms with van der Waals surface area (Å²) in [6.45, 7) is 8.62. The van der Waals surface area contributed by atoms with Crippen molar-refractivity contribution >= 4 is 11.2 Å². The molecule has 3 heteroatoms. The number of fused-ring (bicyclic) bond motifs is 1. The van der Waals surface area contributed by atoms with Crippen LogP contribution < -0.4 is 0 Å². The van der Waals surface area contributed by atoms with Crippen LogP contribution in [0.5, 0.6) is 0 Å². The normalized spacial score (nSPS) is 12.0. The van der Waals surface area contributed by atoms with Gasteiger partial charge in [0.25, 0.3) is 0 Å². The van der Waals surface area contributed by atoms with Gasteiger partial charge in [-0.25, -0.2) is 9.97 Å². The Hall–Kier alpha value is -2.16. The second-order valence-electron chi connectivity index (χ2n) is 6.13. The van der Waals surface area contributed by atoms with Crippen LogP contribution in [0.2, 0.25) is 0 Å². The van der Waals surface area contributed by atoms with Crippen LogP contribution in [0.25, 0.3) is 22.7 Å². The van der Waals surface area contributed by atoms with Crippen molar-refractivity contribution in [2.24, 2.45) is 0 Å². The van der Waals surface area contributed by atoms with Gasteiger partial charge in [-0.15, -0.1) is 0 Å². The van der Waals surface area contributed by atoms with E-state index >= 15 is 0 Å². The third kappa shape index (κ3) is 2.20. The molecule has 0 aliphatic carbocycles. The highest BCUT2D eigenvalue weighted by molar-refractivity contribution is 5.75. The fourth-order valence-corrected chi connectivity index (χ4v) is 2.19. The molecule has 0 unspecified atom stereocenters. The van der Waals surface area contributed by atoms with Crippen molar-refractivity contribution in [3.8, 4) is 11.5 Å². The third-order valence-corrected chi connectivity index (χ3v) is 3.50. The van der Waals surface area contributed by atoms with Crippen molar-refractivity contribution < 1.29 is 4.42 Å². The molecule has 0 aliphatic heterocycles. The lowest BCUT2D eigenvalue weighted by atomic mass is 9.87. The zero-order chi connectivity index (χ0) is 14.3. The first-order valence-electron chi connectivity index (χ1n) is 6.78. The van der Waals surface area contributed by atoms with Crippen LogP contribution in [0.3, 0.4) is 0 Å². The zero-order valence-electron chi connectivity index (χ0n) is 12.3. The number of hydrogen-bond acceptors (Lipinski definition) is 3. The molecule has 0 N–H and O–H groups in total. The summed E-state index contributed by atoms with van der Waals surface area (Å²) in [4.78, 5) is 8.76. The SMILES string of the molecule is Cc1ccnc2oc(-c3ccc(C(C)(C)C)cc3)nc12. The molecule has 3 rings (SSSR count). The first-order valence-corrected chi connectivity index (χ1v) is 6.78. The summed E-state index contributed by atoms with van der Waals surface area (Å²) in [5.74, 6) is 0.627. The second kappa shape index (κ2) is 4.44. The predicted molar refractivity (Wildman–Crippen MR) is 80.7 cm³/mol. The maximum Gasteiger partial charge on any atom is 0.247 e. The summed E-state index contributed by atoms with van der Waals surface area (Å²) in [7, 11) is 0. The highest BCUT2D eigenvalue weighted by Gasteiger charge is 2.15. The van der Waals surface area contributed by atoms with Gasteiger partial charge in [0, 0.05) is 11.8 Å². The van der Waals surface area contributed by atoms with E-state index in [1.807, 2.05) is 13.0 Å². The Morgan fingerprint density at radius 3 is 2.30 bits per heavy atom. The standard InChI is InChI=1S/C17H18N2O/c1-11-9-10-18-16-14(11)19-15(20-16)12-5-7-13(8-6-12)17(2,3)4/h5-10H,1-4H3. The summed E-state index contributed by atoms with van der Waals surface area (Å²) < 4.78 is 5.74. The molecule has 102 valence electrons. The fourth-order valence-electron chi connectivity index (χ4n) is 2.19. The molecule has 0 spiro atoms. The summed E-state index contributed by atoms with van der Waals surface area (Å²) in [6.07, 6.45) is 1.75. The lowest BCUT2D eigenvalue weighted by molar-refractivity contribution is 0.589. The lowest BCUT2D eigenvalue weighted by Crippen LogP contribution is -2.10. The van der Waals surface area contributed by atoms with Gasteiger partial charge in [-0.05, 0) is 41.7 Å². The monoisotopic (exact) mass is 266 g/mol. The van der Waals surface area contributed by atoms with Crippen molar-refractivity contribution in [3.63, 3.8) is 0 Å². The first-order chi connectivity index (χ1) is 9.45. The molecule has 0 amide bonds. The maximum atomic E-state index is 5.74. The van der Waals surface area contributed by atoms with E-state index in [4.69, 9.17) is 4.42 Å². The fraction of sp³-hybridized carbons (Fsp3) is 0.294. The highest BCUT2D eigenvalue weighted by Crippen LogP contribution is 2.28. The van der Waals surface area contributed by atoms with E-state index in [2.05, 4.69) is 55.0 Å². The number of aryl methyl sites for hydroxylation is 1. The van der Waals surface area contributed by atoms with Crippen LogP contribution in [-0.4, -0.2) is 9.97 Å². The lowest BCUT2D eigenvalue weighted by Gasteiger charge is -2.18. The summed E-state index contributed by atoms with van der Waals surface area (Å²) in [6, 6.07) is 10.3. The number of benzene rings is 1. The van der Waals surface area contributed by atoms with Crippen LogP contribution in [0, 0.1) is 6.92 Å². The Bertz CT molecular complexity index is 749. The highest BCUT2D eigenvalue weighted by atomic mass is 16.4. The molecule has 1 aromatic carbocycles. The molecule has 3 nitrogen and oxygen atoms in total. The number of rotatable bonds is 1. The van der Waals surface area contributed by atoms with E-state index in [9.17, 15) is 0 Å². The third-order valence-electron chi connectivity index (χ3n) is 3.50. The van der Waals surface area contributed by atoms with Crippen molar-refractivity contribution in [2.75, 3.05) is 0 Å². The molecule has 0 aliphatic rings.